The van der Waals surface area contributed by atoms with Crippen LogP contribution in [0.1, 0.15) is 51.5 Å². The van der Waals surface area contributed by atoms with Crippen LogP contribution in [0.5, 0.6) is 5.75 Å². The second kappa shape index (κ2) is 10.5. The number of methoxy groups -OCH3 is 1. The van der Waals surface area contributed by atoms with Gasteiger partial charge in [0.05, 0.1) is 12.7 Å². The number of halogens is 1. The topological polar surface area (TPSA) is 127 Å². The quantitative estimate of drug-likeness (QED) is 0.227. The number of fused-ring (bicyclic) bond motifs is 2. The lowest BCUT2D eigenvalue weighted by atomic mass is 10.0. The molecule has 0 spiro atoms. The van der Waals surface area contributed by atoms with Gasteiger partial charge in [-0.2, -0.15) is 0 Å². The van der Waals surface area contributed by atoms with Crippen LogP contribution in [0.2, 0.25) is 5.02 Å². The zero-order valence-corrected chi connectivity index (χ0v) is 21.7. The van der Waals surface area contributed by atoms with Gasteiger partial charge in [-0.05, 0) is 71.8 Å². The predicted octanol–water partition coefficient (Wildman–Crippen LogP) is 4.58. The lowest BCUT2D eigenvalue weighted by molar-refractivity contribution is -0.142. The molecule has 1 aromatic heterocycles. The molecule has 8 nitrogen and oxygen atoms in total. The maximum absolute atomic E-state index is 13.4. The minimum absolute atomic E-state index is 0.167. The summed E-state index contributed by atoms with van der Waals surface area (Å²) in [6.07, 6.45) is 4.43. The molecule has 0 saturated heterocycles. The minimum Gasteiger partial charge on any atom is -0.485 e. The molecule has 0 aliphatic heterocycles. The van der Waals surface area contributed by atoms with Crippen molar-refractivity contribution < 1.29 is 23.9 Å². The van der Waals surface area contributed by atoms with Gasteiger partial charge in [0.1, 0.15) is 11.8 Å². The molecule has 196 valence electrons. The fraction of sp³-hybridized carbons (Fsp3) is 0.276. The summed E-state index contributed by atoms with van der Waals surface area (Å²) in [7, 11) is 1.31. The van der Waals surface area contributed by atoms with E-state index >= 15 is 0 Å². The van der Waals surface area contributed by atoms with Crippen molar-refractivity contribution in [1.29, 1.82) is 0 Å². The second-order valence-corrected chi connectivity index (χ2v) is 10.1. The zero-order chi connectivity index (χ0) is 27.0. The van der Waals surface area contributed by atoms with Gasteiger partial charge >= 0.3 is 5.97 Å². The van der Waals surface area contributed by atoms with Gasteiger partial charge in [-0.25, -0.2) is 0 Å². The van der Waals surface area contributed by atoms with Crippen LogP contribution in [0.4, 0.5) is 0 Å². The Balaban J connectivity index is 1.43. The number of carbonyl (C=O) groups is 3. The molecule has 1 heterocycles. The van der Waals surface area contributed by atoms with Crippen molar-refractivity contribution in [3.63, 3.8) is 0 Å². The Morgan fingerprint density at radius 3 is 2.55 bits per heavy atom. The summed E-state index contributed by atoms with van der Waals surface area (Å²) in [5.74, 6) is -0.632. The SMILES string of the molecule is COC(=O)[C@@H](N)CCn1cc(C(=O)COc2cc3ccc(Cl)cc3cc2C(N)=O)c2ccc(C3CC3)cc21. The molecule has 1 aliphatic rings. The van der Waals surface area contributed by atoms with E-state index in [1.807, 2.05) is 10.6 Å². The Kier molecular flexibility index (Phi) is 7.10. The zero-order valence-electron chi connectivity index (χ0n) is 20.9. The first-order valence-electron chi connectivity index (χ1n) is 12.4. The normalized spacial score (nSPS) is 14.0. The van der Waals surface area contributed by atoms with Gasteiger partial charge < -0.3 is 25.5 Å². The summed E-state index contributed by atoms with van der Waals surface area (Å²) in [6.45, 7) is 0.151. The first-order valence-corrected chi connectivity index (χ1v) is 12.8. The molecule has 0 bridgehead atoms. The molecule has 0 radical (unpaired) electrons. The number of nitrogens with zero attached hydrogens (tertiary/aromatic N) is 1. The van der Waals surface area contributed by atoms with E-state index in [0.29, 0.717) is 29.5 Å². The van der Waals surface area contributed by atoms with Crippen LogP contribution in [-0.2, 0) is 16.1 Å². The lowest BCUT2D eigenvalue weighted by Crippen LogP contribution is -2.32. The van der Waals surface area contributed by atoms with Crippen molar-refractivity contribution >= 4 is 50.9 Å². The third-order valence-corrected chi connectivity index (χ3v) is 7.20. The van der Waals surface area contributed by atoms with Crippen LogP contribution in [0.25, 0.3) is 21.7 Å². The molecule has 4 N–H and O–H groups in total. The average Bonchev–Trinajstić information content (AvgIpc) is 3.70. The third kappa shape index (κ3) is 5.23. The molecule has 1 fully saturated rings. The van der Waals surface area contributed by atoms with Crippen LogP contribution in [0, 0.1) is 0 Å². The summed E-state index contributed by atoms with van der Waals surface area (Å²) >= 11 is 6.08. The van der Waals surface area contributed by atoms with Crippen LogP contribution < -0.4 is 16.2 Å². The van der Waals surface area contributed by atoms with Crippen LogP contribution in [0.15, 0.2) is 54.7 Å². The first-order chi connectivity index (χ1) is 18.2. The van der Waals surface area contributed by atoms with Crippen molar-refractivity contribution in [3.05, 3.63) is 76.4 Å². The van der Waals surface area contributed by atoms with Crippen molar-refractivity contribution in [1.82, 2.24) is 4.57 Å². The van der Waals surface area contributed by atoms with E-state index < -0.39 is 17.9 Å². The standard InChI is InChI=1S/C29H28ClN3O5/c1-37-29(36)24(31)8-9-33-14-23(21-7-5-17(12-25(21)33)16-2-3-16)26(34)15-38-27-13-18-4-6-20(30)10-19(18)11-22(27)28(32)35/h4-7,10-14,16,24H,2-3,8-9,15,31H2,1H3,(H2,32,35)/t24-/m0/s1. The number of amides is 1. The number of nitrogens with two attached hydrogens (primary N) is 2. The molecule has 1 aliphatic carbocycles. The Bertz CT molecular complexity index is 1570. The number of aromatic nitrogens is 1. The smallest absolute Gasteiger partial charge is 0.322 e. The Morgan fingerprint density at radius 2 is 1.84 bits per heavy atom. The highest BCUT2D eigenvalue weighted by Crippen LogP contribution is 2.41. The van der Waals surface area contributed by atoms with Crippen molar-refractivity contribution in [2.24, 2.45) is 11.5 Å². The van der Waals surface area contributed by atoms with E-state index in [1.54, 1.807) is 36.5 Å². The highest BCUT2D eigenvalue weighted by Gasteiger charge is 2.25. The van der Waals surface area contributed by atoms with Crippen LogP contribution >= 0.6 is 11.6 Å². The summed E-state index contributed by atoms with van der Waals surface area (Å²) in [5.41, 5.74) is 14.3. The molecule has 38 heavy (non-hydrogen) atoms. The molecule has 1 saturated carbocycles. The third-order valence-electron chi connectivity index (χ3n) is 6.97. The minimum atomic E-state index is -0.762. The van der Waals surface area contributed by atoms with E-state index in [0.717, 1.165) is 34.5 Å². The number of hydrogen-bond donors (Lipinski definition) is 2. The number of Topliss-reactive ketones (excluding diaryl/α,β-unsaturated/α-hetero) is 1. The number of ketones is 1. The number of aryl methyl sites for hydroxylation is 1. The van der Waals surface area contributed by atoms with E-state index in [1.165, 1.54) is 12.7 Å². The fourth-order valence-corrected chi connectivity index (χ4v) is 4.90. The number of esters is 1. The number of carbonyl (C=O) groups excluding carboxylic acids is 3. The van der Waals surface area contributed by atoms with Crippen molar-refractivity contribution in [2.75, 3.05) is 13.7 Å². The maximum atomic E-state index is 13.4. The van der Waals surface area contributed by atoms with Gasteiger partial charge in [0.15, 0.2) is 6.61 Å². The second-order valence-electron chi connectivity index (χ2n) is 9.62. The lowest BCUT2D eigenvalue weighted by Gasteiger charge is -2.11. The number of primary amides is 1. The number of rotatable bonds is 10. The monoisotopic (exact) mass is 533 g/mol. The van der Waals surface area contributed by atoms with Gasteiger partial charge in [-0.15, -0.1) is 0 Å². The summed E-state index contributed by atoms with van der Waals surface area (Å²) in [4.78, 5) is 37.3. The number of hydrogen-bond acceptors (Lipinski definition) is 6. The summed E-state index contributed by atoms with van der Waals surface area (Å²) in [6, 6.07) is 13.9. The van der Waals surface area contributed by atoms with Gasteiger partial charge in [0.2, 0.25) is 5.78 Å². The molecule has 9 heteroatoms. The van der Waals surface area contributed by atoms with E-state index in [2.05, 4.69) is 12.1 Å². The van der Waals surface area contributed by atoms with E-state index in [4.69, 9.17) is 32.5 Å². The van der Waals surface area contributed by atoms with Crippen LogP contribution in [0.3, 0.4) is 0 Å². The first kappa shape index (κ1) is 25.8. The van der Waals surface area contributed by atoms with Gasteiger partial charge in [-0.1, -0.05) is 29.8 Å². The summed E-state index contributed by atoms with van der Waals surface area (Å²) in [5, 5.41) is 2.86. The number of benzene rings is 3. The molecule has 5 rings (SSSR count). The Morgan fingerprint density at radius 1 is 1.05 bits per heavy atom. The highest BCUT2D eigenvalue weighted by molar-refractivity contribution is 6.31. The van der Waals surface area contributed by atoms with Crippen LogP contribution in [-0.4, -0.2) is 42.0 Å². The summed E-state index contributed by atoms with van der Waals surface area (Å²) < 4.78 is 12.5. The molecule has 0 unspecified atom stereocenters. The fourth-order valence-electron chi connectivity index (χ4n) is 4.71. The highest BCUT2D eigenvalue weighted by atomic mass is 35.5. The Labute approximate surface area is 224 Å². The molecule has 1 atom stereocenters. The Hall–Kier alpha value is -3.88. The van der Waals surface area contributed by atoms with E-state index in [9.17, 15) is 14.4 Å². The number of ether oxygens (including phenoxy) is 2. The maximum Gasteiger partial charge on any atom is 0.322 e. The molecule has 1 amide bonds. The molecule has 3 aromatic carbocycles. The molecule has 4 aromatic rings. The van der Waals surface area contributed by atoms with E-state index in [-0.39, 0.29) is 23.7 Å². The van der Waals surface area contributed by atoms with Gasteiger partial charge in [0, 0.05) is 34.2 Å². The van der Waals surface area contributed by atoms with Crippen molar-refractivity contribution in [3.8, 4) is 5.75 Å². The largest absolute Gasteiger partial charge is 0.485 e. The molecular weight excluding hydrogens is 506 g/mol. The molecular formula is C29H28ClN3O5. The van der Waals surface area contributed by atoms with Gasteiger partial charge in [-0.3, -0.25) is 14.4 Å². The van der Waals surface area contributed by atoms with Gasteiger partial charge in [0.25, 0.3) is 5.91 Å². The average molecular weight is 534 g/mol. The predicted molar refractivity (Wildman–Crippen MR) is 146 cm³/mol. The van der Waals surface area contributed by atoms with Crippen molar-refractivity contribution in [2.45, 2.75) is 37.8 Å².